The summed E-state index contributed by atoms with van der Waals surface area (Å²) < 4.78 is 0. The number of hydrogen-bond acceptors (Lipinski definition) is 2. The lowest BCUT2D eigenvalue weighted by molar-refractivity contribution is 0.632. The number of para-hydroxylation sites is 4. The van der Waals surface area contributed by atoms with Gasteiger partial charge in [-0.15, -0.1) is 0 Å². The molecule has 0 fully saturated rings. The van der Waals surface area contributed by atoms with Crippen LogP contribution in [0.5, 0.6) is 0 Å². The van der Waals surface area contributed by atoms with E-state index in [4.69, 9.17) is 0 Å². The summed E-state index contributed by atoms with van der Waals surface area (Å²) in [5.74, 6) is 0.241. The van der Waals surface area contributed by atoms with E-state index in [0.717, 1.165) is 17.8 Å². The minimum atomic E-state index is -0.173. The molecule has 2 heterocycles. The van der Waals surface area contributed by atoms with Crippen LogP contribution in [0.4, 0.5) is 34.1 Å². The van der Waals surface area contributed by atoms with Crippen LogP contribution in [0.25, 0.3) is 60.1 Å². The molecule has 0 bridgehead atoms. The van der Waals surface area contributed by atoms with E-state index in [2.05, 4.69) is 288 Å². The molecule has 0 spiro atoms. The summed E-state index contributed by atoms with van der Waals surface area (Å²) in [6.07, 6.45) is 6.08. The maximum Gasteiger partial charge on any atom is 0.0502 e. The Morgan fingerprint density at radius 3 is 1.43 bits per heavy atom. The molecule has 2 heteroatoms. The van der Waals surface area contributed by atoms with Gasteiger partial charge in [-0.1, -0.05) is 230 Å². The van der Waals surface area contributed by atoms with Crippen LogP contribution < -0.4 is 9.80 Å². The van der Waals surface area contributed by atoms with Crippen LogP contribution in [-0.2, 0) is 16.2 Å². The number of rotatable bonds is 5. The van der Waals surface area contributed by atoms with Crippen molar-refractivity contribution in [3.05, 3.63) is 281 Å². The Labute approximate surface area is 452 Å². The SMILES string of the molecule is CC1(C)C2=CC(c3cccc(-c4c5cc(N6c7ccccc7C(C)(C)c7ccccc76)ccc5c(-c5cccc6ccccc56)c5cc(N6c7ccccc7C(C)(C)c7ccccc76)ccc45)c3)CC=C2c2ccccc21. The Hall–Kier alpha value is -8.72. The largest absolute Gasteiger partial charge is 0.310 e. The van der Waals surface area contributed by atoms with Crippen LogP contribution in [0.2, 0.25) is 0 Å². The number of allylic oxidation sites excluding steroid dienone is 4. The predicted molar refractivity (Wildman–Crippen MR) is 326 cm³/mol. The minimum Gasteiger partial charge on any atom is -0.310 e. The van der Waals surface area contributed by atoms with Crippen molar-refractivity contribution in [2.45, 2.75) is 70.1 Å². The number of hydrogen-bond donors (Lipinski definition) is 0. The minimum absolute atomic E-state index is 0.0668. The van der Waals surface area contributed by atoms with Gasteiger partial charge in [0.2, 0.25) is 0 Å². The molecule has 0 aromatic heterocycles. The van der Waals surface area contributed by atoms with E-state index < -0.39 is 0 Å². The van der Waals surface area contributed by atoms with E-state index in [0.29, 0.717) is 0 Å². The molecule has 0 saturated carbocycles. The highest BCUT2D eigenvalue weighted by atomic mass is 15.2. The van der Waals surface area contributed by atoms with E-state index in [1.165, 1.54) is 127 Å². The summed E-state index contributed by atoms with van der Waals surface area (Å²) in [7, 11) is 0. The first-order valence-corrected chi connectivity index (χ1v) is 27.6. The summed E-state index contributed by atoms with van der Waals surface area (Å²) in [4.78, 5) is 5.04. The molecule has 2 nitrogen and oxygen atoms in total. The smallest absolute Gasteiger partial charge is 0.0502 e. The van der Waals surface area contributed by atoms with Gasteiger partial charge in [0.1, 0.15) is 0 Å². The fourth-order valence-electron chi connectivity index (χ4n) is 14.5. The van der Waals surface area contributed by atoms with Gasteiger partial charge in [-0.2, -0.15) is 0 Å². The summed E-state index contributed by atoms with van der Waals surface area (Å²) in [5, 5.41) is 7.39. The third-order valence-electron chi connectivity index (χ3n) is 18.3. The summed E-state index contributed by atoms with van der Waals surface area (Å²) in [5.41, 5.74) is 24.0. The Morgan fingerprint density at radius 1 is 0.364 bits per heavy atom. The van der Waals surface area contributed by atoms with Gasteiger partial charge in [0.25, 0.3) is 0 Å². The van der Waals surface area contributed by atoms with Crippen LogP contribution in [0.3, 0.4) is 0 Å². The predicted octanol–water partition coefficient (Wildman–Crippen LogP) is 20.5. The fraction of sp³-hybridized carbons (Fsp3) is 0.147. The molecule has 2 aliphatic carbocycles. The number of fused-ring (bicyclic) bond motifs is 10. The van der Waals surface area contributed by atoms with Crippen molar-refractivity contribution in [2.75, 3.05) is 9.80 Å². The fourth-order valence-corrected chi connectivity index (χ4v) is 14.5. The van der Waals surface area contributed by atoms with Gasteiger partial charge in [0, 0.05) is 33.5 Å². The molecule has 11 aromatic rings. The normalized spacial score (nSPS) is 17.2. The Kier molecular flexibility index (Phi) is 9.87. The first-order chi connectivity index (χ1) is 37.5. The number of benzene rings is 11. The Morgan fingerprint density at radius 2 is 0.831 bits per heavy atom. The molecule has 1 unspecified atom stereocenters. The molecule has 370 valence electrons. The van der Waals surface area contributed by atoms with Gasteiger partial charge in [0.05, 0.1) is 22.7 Å². The van der Waals surface area contributed by atoms with Gasteiger partial charge in [-0.25, -0.2) is 0 Å². The van der Waals surface area contributed by atoms with Crippen molar-refractivity contribution in [1.82, 2.24) is 0 Å². The van der Waals surface area contributed by atoms with Gasteiger partial charge in [0.15, 0.2) is 0 Å². The highest BCUT2D eigenvalue weighted by molar-refractivity contribution is 6.25. The molecule has 11 aromatic carbocycles. The first kappa shape index (κ1) is 45.7. The quantitative estimate of drug-likeness (QED) is 0.159. The van der Waals surface area contributed by atoms with Crippen molar-refractivity contribution in [3.8, 4) is 22.3 Å². The van der Waals surface area contributed by atoms with E-state index in [9.17, 15) is 0 Å². The van der Waals surface area contributed by atoms with E-state index in [1.54, 1.807) is 0 Å². The number of nitrogens with zero attached hydrogens (tertiary/aromatic N) is 2. The van der Waals surface area contributed by atoms with Crippen LogP contribution in [0, 0.1) is 0 Å². The Balaban J connectivity index is 1.03. The lowest BCUT2D eigenvalue weighted by Crippen LogP contribution is -2.30. The topological polar surface area (TPSA) is 6.48 Å². The van der Waals surface area contributed by atoms with Crippen molar-refractivity contribution in [1.29, 1.82) is 0 Å². The van der Waals surface area contributed by atoms with Crippen LogP contribution in [0.15, 0.2) is 242 Å². The second-order valence-electron chi connectivity index (χ2n) is 23.6. The summed E-state index contributed by atoms with van der Waals surface area (Å²) >= 11 is 0. The van der Waals surface area contributed by atoms with E-state index in [-0.39, 0.29) is 22.2 Å². The van der Waals surface area contributed by atoms with E-state index in [1.807, 2.05) is 0 Å². The second-order valence-corrected chi connectivity index (χ2v) is 23.6. The standard InChI is InChI=1S/C75H60N2/c1-73(2)61-28-10-9-26-54(61)55-40-37-49(44-66(55)73)48-23-19-24-50(43-48)71-57-41-38-52(77-69-35-17-13-31-64(69)75(5,6)65-32-14-18-36-70(65)77)46-60(57)72(56-27-20-22-47-21-7-8-25-53(47)56)58-42-39-51(45-59(58)71)76-67-33-15-11-29-62(67)74(3,4)63-30-12-16-34-68(63)76/h7-36,38-46,49H,37H2,1-6H3. The monoisotopic (exact) mass is 988 g/mol. The van der Waals surface area contributed by atoms with E-state index >= 15 is 0 Å². The summed E-state index contributed by atoms with van der Waals surface area (Å²) in [6, 6.07) is 85.2. The first-order valence-electron chi connectivity index (χ1n) is 27.6. The maximum absolute atomic E-state index is 2.60. The summed E-state index contributed by atoms with van der Waals surface area (Å²) in [6.45, 7) is 14.3. The molecule has 77 heavy (non-hydrogen) atoms. The molecular weight excluding hydrogens is 929 g/mol. The molecule has 0 saturated heterocycles. The molecule has 0 radical (unpaired) electrons. The third-order valence-corrected chi connectivity index (χ3v) is 18.3. The van der Waals surface area contributed by atoms with Crippen LogP contribution in [0.1, 0.15) is 92.8 Å². The highest BCUT2D eigenvalue weighted by Gasteiger charge is 2.41. The van der Waals surface area contributed by atoms with Crippen LogP contribution in [-0.4, -0.2) is 0 Å². The number of anilines is 6. The zero-order valence-corrected chi connectivity index (χ0v) is 44.7. The molecule has 0 N–H and O–H groups in total. The Bertz CT molecular complexity index is 4260. The molecule has 2 aliphatic heterocycles. The van der Waals surface area contributed by atoms with Crippen molar-refractivity contribution >= 4 is 72.0 Å². The second kappa shape index (κ2) is 16.6. The molecule has 15 rings (SSSR count). The average molecular weight is 989 g/mol. The maximum atomic E-state index is 2.60. The molecule has 1 atom stereocenters. The third kappa shape index (κ3) is 6.61. The lowest BCUT2D eigenvalue weighted by atomic mass is 9.73. The lowest BCUT2D eigenvalue weighted by Gasteiger charge is -2.42. The van der Waals surface area contributed by atoms with Crippen molar-refractivity contribution in [2.24, 2.45) is 0 Å². The van der Waals surface area contributed by atoms with Crippen LogP contribution >= 0.6 is 0 Å². The van der Waals surface area contributed by atoms with Gasteiger partial charge < -0.3 is 9.80 Å². The van der Waals surface area contributed by atoms with Crippen molar-refractivity contribution < 1.29 is 0 Å². The zero-order valence-electron chi connectivity index (χ0n) is 44.7. The highest BCUT2D eigenvalue weighted by Crippen LogP contribution is 2.57. The van der Waals surface area contributed by atoms with Gasteiger partial charge in [-0.05, 0) is 160 Å². The van der Waals surface area contributed by atoms with Gasteiger partial charge in [-0.3, -0.25) is 0 Å². The van der Waals surface area contributed by atoms with Crippen molar-refractivity contribution in [3.63, 3.8) is 0 Å². The molecule has 4 aliphatic rings. The molecular formula is C75H60N2. The molecule has 0 amide bonds. The zero-order chi connectivity index (χ0) is 52.0. The van der Waals surface area contributed by atoms with Gasteiger partial charge >= 0.3 is 0 Å². The average Bonchev–Trinajstić information content (AvgIpc) is 3.82.